The molecule has 2 aromatic heterocycles. The number of carboxylic acids is 1. The van der Waals surface area contributed by atoms with Crippen LogP contribution >= 0.6 is 24.0 Å². The van der Waals surface area contributed by atoms with Gasteiger partial charge in [0.1, 0.15) is 15.8 Å². The molecule has 1 saturated heterocycles. The van der Waals surface area contributed by atoms with Gasteiger partial charge in [-0.05, 0) is 43.9 Å². The lowest BCUT2D eigenvalue weighted by molar-refractivity contribution is -0.137. The van der Waals surface area contributed by atoms with Crippen LogP contribution in [0.2, 0.25) is 0 Å². The minimum absolute atomic E-state index is 0.116. The van der Waals surface area contributed by atoms with Gasteiger partial charge in [-0.15, -0.1) is 0 Å². The predicted molar refractivity (Wildman–Crippen MR) is 140 cm³/mol. The highest BCUT2D eigenvalue weighted by molar-refractivity contribution is 8.26. The number of nitrogens with one attached hydrogen (secondary N) is 1. The lowest BCUT2D eigenvalue weighted by Gasteiger charge is -2.14. The number of aliphatic carboxylic acids is 1. The first kappa shape index (κ1) is 25.9. The number of fused-ring (bicyclic) bond motifs is 1. The van der Waals surface area contributed by atoms with Crippen LogP contribution in [0.4, 0.5) is 5.82 Å². The molecule has 0 spiro atoms. The number of rotatable bonds is 12. The number of thioether (sulfide) groups is 1. The number of anilines is 1. The molecule has 34 heavy (non-hydrogen) atoms. The summed E-state index contributed by atoms with van der Waals surface area (Å²) < 4.78 is 1.94. The van der Waals surface area contributed by atoms with Gasteiger partial charge in [-0.2, -0.15) is 0 Å². The lowest BCUT2D eigenvalue weighted by atomic mass is 10.2. The molecule has 0 aliphatic carbocycles. The number of carbonyl (C=O) groups excluding carboxylic acids is 1. The van der Waals surface area contributed by atoms with E-state index in [0.717, 1.165) is 24.8 Å². The van der Waals surface area contributed by atoms with Gasteiger partial charge >= 0.3 is 5.97 Å². The van der Waals surface area contributed by atoms with Gasteiger partial charge in [0.05, 0.1) is 10.5 Å². The normalized spacial score (nSPS) is 15.0. The molecule has 1 aliphatic rings. The molecule has 1 aliphatic heterocycles. The fourth-order valence-corrected chi connectivity index (χ4v) is 5.00. The fraction of sp³-hybridized carbons (Fsp3) is 0.458. The molecule has 2 N–H and O–H groups in total. The Hall–Kier alpha value is -2.72. The van der Waals surface area contributed by atoms with E-state index in [1.54, 1.807) is 18.3 Å². The molecule has 1 amide bonds. The quantitative estimate of drug-likeness (QED) is 0.249. The van der Waals surface area contributed by atoms with Crippen molar-refractivity contribution in [2.24, 2.45) is 0 Å². The Balaban J connectivity index is 1.86. The molecule has 3 rings (SSSR count). The third kappa shape index (κ3) is 6.24. The minimum atomic E-state index is -0.821. The molecule has 8 nitrogen and oxygen atoms in total. The molecule has 3 heterocycles. The number of aryl methyl sites for hydroxylation is 1. The maximum Gasteiger partial charge on any atom is 0.303 e. The molecule has 182 valence electrons. The van der Waals surface area contributed by atoms with E-state index in [4.69, 9.17) is 22.3 Å². The molecule has 0 unspecified atom stereocenters. The summed E-state index contributed by atoms with van der Waals surface area (Å²) in [5.74, 6) is -0.591. The standard InChI is InChI=1S/C24H30N4O4S2/c1-3-4-7-12-25-20-17(22(31)27-14-9-10-16(2)21(27)26-20)15-18-23(32)28(24(33)34-18)13-8-5-6-11-19(29)30/h9-10,14-15,25H,3-8,11-13H2,1-2H3,(H,29,30). The number of hydrogen-bond donors (Lipinski definition) is 2. The summed E-state index contributed by atoms with van der Waals surface area (Å²) in [6.07, 6.45) is 8.42. The largest absolute Gasteiger partial charge is 0.481 e. The molecule has 0 aromatic carbocycles. The number of thiocarbonyl (C=S) groups is 1. The molecule has 1 fully saturated rings. The second-order valence-electron chi connectivity index (χ2n) is 8.24. The van der Waals surface area contributed by atoms with Crippen LogP contribution in [-0.2, 0) is 9.59 Å². The van der Waals surface area contributed by atoms with Gasteiger partial charge in [0.15, 0.2) is 0 Å². The Labute approximate surface area is 208 Å². The van der Waals surface area contributed by atoms with E-state index in [0.29, 0.717) is 58.6 Å². The van der Waals surface area contributed by atoms with E-state index in [1.165, 1.54) is 21.1 Å². The average Bonchev–Trinajstić information content (AvgIpc) is 3.06. The summed E-state index contributed by atoms with van der Waals surface area (Å²) in [6.45, 7) is 5.14. The number of amides is 1. The number of carbonyl (C=O) groups is 2. The first-order chi connectivity index (χ1) is 16.3. The predicted octanol–water partition coefficient (Wildman–Crippen LogP) is 4.45. The number of aromatic nitrogens is 2. The van der Waals surface area contributed by atoms with Crippen LogP contribution in [0.3, 0.4) is 0 Å². The number of carboxylic acid groups (broad SMARTS) is 1. The highest BCUT2D eigenvalue weighted by atomic mass is 32.2. The van der Waals surface area contributed by atoms with Crippen LogP contribution in [0, 0.1) is 6.92 Å². The van der Waals surface area contributed by atoms with E-state index in [9.17, 15) is 14.4 Å². The van der Waals surface area contributed by atoms with Crippen LogP contribution in [0.5, 0.6) is 0 Å². The van der Waals surface area contributed by atoms with E-state index < -0.39 is 5.97 Å². The van der Waals surface area contributed by atoms with Gasteiger partial charge < -0.3 is 10.4 Å². The zero-order valence-electron chi connectivity index (χ0n) is 19.5. The third-order valence-electron chi connectivity index (χ3n) is 5.58. The number of pyridine rings is 1. The summed E-state index contributed by atoms with van der Waals surface area (Å²) >= 11 is 6.58. The monoisotopic (exact) mass is 502 g/mol. The van der Waals surface area contributed by atoms with Crippen molar-refractivity contribution in [1.82, 2.24) is 14.3 Å². The van der Waals surface area contributed by atoms with Gasteiger partial charge in [0.2, 0.25) is 0 Å². The minimum Gasteiger partial charge on any atom is -0.481 e. The van der Waals surface area contributed by atoms with E-state index in [2.05, 4.69) is 12.2 Å². The first-order valence-corrected chi connectivity index (χ1v) is 12.8. The summed E-state index contributed by atoms with van der Waals surface area (Å²) in [4.78, 5) is 43.7. The fourth-order valence-electron chi connectivity index (χ4n) is 3.71. The smallest absolute Gasteiger partial charge is 0.303 e. The zero-order chi connectivity index (χ0) is 24.7. The van der Waals surface area contributed by atoms with Crippen LogP contribution in [0.15, 0.2) is 28.0 Å². The van der Waals surface area contributed by atoms with Crippen molar-refractivity contribution in [1.29, 1.82) is 0 Å². The Morgan fingerprint density at radius 2 is 2.03 bits per heavy atom. The maximum atomic E-state index is 13.4. The molecule has 0 bridgehead atoms. The highest BCUT2D eigenvalue weighted by Gasteiger charge is 2.32. The molecule has 2 aromatic rings. The Bertz CT molecular complexity index is 1180. The summed E-state index contributed by atoms with van der Waals surface area (Å²) in [6, 6.07) is 3.71. The van der Waals surface area contributed by atoms with Gasteiger partial charge in [0, 0.05) is 25.7 Å². The van der Waals surface area contributed by atoms with Crippen molar-refractivity contribution >= 4 is 57.7 Å². The Morgan fingerprint density at radius 1 is 1.24 bits per heavy atom. The lowest BCUT2D eigenvalue weighted by Crippen LogP contribution is -2.29. The molecule has 0 radical (unpaired) electrons. The van der Waals surface area contributed by atoms with Gasteiger partial charge in [0.25, 0.3) is 11.5 Å². The van der Waals surface area contributed by atoms with E-state index in [1.807, 2.05) is 13.0 Å². The summed E-state index contributed by atoms with van der Waals surface area (Å²) in [7, 11) is 0. The highest BCUT2D eigenvalue weighted by Crippen LogP contribution is 2.33. The molecule has 0 atom stereocenters. The van der Waals surface area contributed by atoms with Gasteiger partial charge in [-0.25, -0.2) is 4.98 Å². The van der Waals surface area contributed by atoms with Gasteiger partial charge in [-0.3, -0.25) is 23.7 Å². The van der Waals surface area contributed by atoms with E-state index >= 15 is 0 Å². The SMILES string of the molecule is CCCCCNc1nc2c(C)cccn2c(=O)c1C=C1SC(=S)N(CCCCCC(=O)O)C1=O. The molecule has 0 saturated carbocycles. The topological polar surface area (TPSA) is 104 Å². The van der Waals surface area contributed by atoms with Crippen molar-refractivity contribution in [3.63, 3.8) is 0 Å². The summed E-state index contributed by atoms with van der Waals surface area (Å²) in [5, 5.41) is 12.0. The van der Waals surface area contributed by atoms with Crippen LogP contribution in [0.1, 0.15) is 63.0 Å². The maximum absolute atomic E-state index is 13.4. The third-order valence-corrected chi connectivity index (χ3v) is 6.96. The summed E-state index contributed by atoms with van der Waals surface area (Å²) in [5.41, 5.74) is 1.56. The zero-order valence-corrected chi connectivity index (χ0v) is 21.1. The Kier molecular flexibility index (Phi) is 9.23. The second-order valence-corrected chi connectivity index (χ2v) is 9.91. The number of nitrogens with zero attached hydrogens (tertiary/aromatic N) is 3. The second kappa shape index (κ2) is 12.1. The molecule has 10 heteroatoms. The number of hydrogen-bond acceptors (Lipinski definition) is 7. The van der Waals surface area contributed by atoms with Crippen LogP contribution < -0.4 is 10.9 Å². The number of unbranched alkanes of at least 4 members (excludes halogenated alkanes) is 4. The van der Waals surface area contributed by atoms with E-state index in [-0.39, 0.29) is 17.9 Å². The van der Waals surface area contributed by atoms with Crippen LogP contribution in [-0.4, -0.2) is 48.7 Å². The van der Waals surface area contributed by atoms with Crippen molar-refractivity contribution < 1.29 is 14.7 Å². The van der Waals surface area contributed by atoms with Crippen molar-refractivity contribution in [3.8, 4) is 0 Å². The van der Waals surface area contributed by atoms with Crippen molar-refractivity contribution in [2.75, 3.05) is 18.4 Å². The molecular weight excluding hydrogens is 472 g/mol. The van der Waals surface area contributed by atoms with Crippen molar-refractivity contribution in [2.45, 2.75) is 58.8 Å². The average molecular weight is 503 g/mol. The van der Waals surface area contributed by atoms with Crippen molar-refractivity contribution in [3.05, 3.63) is 44.7 Å². The Morgan fingerprint density at radius 3 is 2.76 bits per heavy atom. The van der Waals surface area contributed by atoms with Gasteiger partial charge in [-0.1, -0.05) is 56.2 Å². The first-order valence-electron chi connectivity index (χ1n) is 11.6. The van der Waals surface area contributed by atoms with Crippen LogP contribution in [0.25, 0.3) is 11.7 Å². The molecular formula is C24H30N4O4S2.